The Hall–Kier alpha value is -4.59. The van der Waals surface area contributed by atoms with Gasteiger partial charge in [0, 0.05) is 32.7 Å². The van der Waals surface area contributed by atoms with Gasteiger partial charge in [-0.3, -0.25) is 14.4 Å². The normalized spacial score (nSPS) is 17.1. The number of nitrogens with one attached hydrogen (secondary N) is 1. The number of nitrogens with zero attached hydrogens (tertiary/aromatic N) is 8. The summed E-state index contributed by atoms with van der Waals surface area (Å²) in [6.45, 7) is 10.6. The van der Waals surface area contributed by atoms with Gasteiger partial charge in [-0.2, -0.15) is 9.50 Å². The zero-order valence-corrected chi connectivity index (χ0v) is 26.5. The molecule has 2 fully saturated rings. The molecule has 0 bridgehead atoms. The largest absolute Gasteiger partial charge is 0.504 e. The molecule has 3 aromatic heterocycles. The molecule has 1 saturated heterocycles. The number of aryl methyl sites for hydroxylation is 1. The van der Waals surface area contributed by atoms with Gasteiger partial charge in [0.25, 0.3) is 11.5 Å². The summed E-state index contributed by atoms with van der Waals surface area (Å²) in [5.74, 6) is 0.506. The minimum Gasteiger partial charge on any atom is -0.504 e. The summed E-state index contributed by atoms with van der Waals surface area (Å²) in [6, 6.07) is 0. The second-order valence-electron chi connectivity index (χ2n) is 12.1. The molecule has 244 valence electrons. The second kappa shape index (κ2) is 13.4. The zero-order chi connectivity index (χ0) is 32.4. The Bertz CT molecular complexity index is 1750. The molecule has 14 nitrogen and oxygen atoms in total. The summed E-state index contributed by atoms with van der Waals surface area (Å²) in [7, 11) is 0. The molecule has 6 rings (SSSR count). The third-order valence-corrected chi connectivity index (χ3v) is 9.25. The Labute approximate surface area is 266 Å². The third kappa shape index (κ3) is 6.13. The van der Waals surface area contributed by atoms with Crippen molar-refractivity contribution in [3.63, 3.8) is 0 Å². The van der Waals surface area contributed by atoms with Crippen molar-refractivity contribution in [2.24, 2.45) is 5.92 Å². The second-order valence-corrected chi connectivity index (χ2v) is 12.1. The van der Waals surface area contributed by atoms with Crippen LogP contribution in [0.4, 0.5) is 5.69 Å². The van der Waals surface area contributed by atoms with Gasteiger partial charge in [0.2, 0.25) is 11.7 Å². The molecule has 0 radical (unpaired) electrons. The maximum Gasteiger partial charge on any atom is 0.299 e. The summed E-state index contributed by atoms with van der Waals surface area (Å²) in [5, 5.41) is 18.0. The van der Waals surface area contributed by atoms with Gasteiger partial charge in [-0.05, 0) is 50.5 Å². The first kappa shape index (κ1) is 31.4. The molecular weight excluding hydrogens is 590 g/mol. The highest BCUT2D eigenvalue weighted by atomic mass is 16.5. The Kier molecular flexibility index (Phi) is 9.15. The fraction of sp³-hybridized carbons (Fsp3) is 0.531. The SMILES string of the molecule is C=C(CCNC(=O)Cn1c(CC)c(N2CCN(C(=O)c3ncnc(C)c3O)CC2)c(=O)n2nc(C3=CCOCC3)nc12)C1CCC1. The van der Waals surface area contributed by atoms with E-state index in [1.807, 2.05) is 17.9 Å². The summed E-state index contributed by atoms with van der Waals surface area (Å²) >= 11 is 0. The highest BCUT2D eigenvalue weighted by Crippen LogP contribution is 2.33. The van der Waals surface area contributed by atoms with E-state index in [-0.39, 0.29) is 29.5 Å². The Morgan fingerprint density at radius 3 is 2.63 bits per heavy atom. The minimum absolute atomic E-state index is 0.0268. The molecule has 0 aromatic carbocycles. The van der Waals surface area contributed by atoms with Crippen LogP contribution >= 0.6 is 0 Å². The van der Waals surface area contributed by atoms with E-state index >= 15 is 0 Å². The van der Waals surface area contributed by atoms with E-state index < -0.39 is 5.91 Å². The Morgan fingerprint density at radius 1 is 1.17 bits per heavy atom. The number of piperazine rings is 1. The van der Waals surface area contributed by atoms with Gasteiger partial charge >= 0.3 is 0 Å². The fourth-order valence-electron chi connectivity index (χ4n) is 6.28. The lowest BCUT2D eigenvalue weighted by molar-refractivity contribution is -0.121. The molecule has 0 unspecified atom stereocenters. The van der Waals surface area contributed by atoms with Crippen molar-refractivity contribution >= 4 is 28.9 Å². The van der Waals surface area contributed by atoms with Crippen molar-refractivity contribution in [3.8, 4) is 5.75 Å². The monoisotopic (exact) mass is 631 g/mol. The molecule has 2 aliphatic heterocycles. The van der Waals surface area contributed by atoms with Crippen LogP contribution in [0.3, 0.4) is 0 Å². The maximum absolute atomic E-state index is 14.1. The van der Waals surface area contributed by atoms with E-state index in [1.165, 1.54) is 35.7 Å². The van der Waals surface area contributed by atoms with Crippen LogP contribution in [0.1, 0.15) is 66.7 Å². The molecular formula is C32H41N9O5. The van der Waals surface area contributed by atoms with Gasteiger partial charge in [0.05, 0.1) is 24.6 Å². The van der Waals surface area contributed by atoms with Gasteiger partial charge in [0.1, 0.15) is 18.6 Å². The Morgan fingerprint density at radius 2 is 1.96 bits per heavy atom. The lowest BCUT2D eigenvalue weighted by Gasteiger charge is -2.36. The van der Waals surface area contributed by atoms with E-state index in [0.717, 1.165) is 12.0 Å². The first-order valence-corrected chi connectivity index (χ1v) is 16.1. The van der Waals surface area contributed by atoms with Crippen LogP contribution in [-0.2, 0) is 22.5 Å². The van der Waals surface area contributed by atoms with Gasteiger partial charge in [-0.1, -0.05) is 31.6 Å². The Balaban J connectivity index is 1.29. The van der Waals surface area contributed by atoms with E-state index in [1.54, 1.807) is 16.4 Å². The molecule has 3 aliphatic rings. The fourth-order valence-corrected chi connectivity index (χ4v) is 6.28. The molecule has 0 atom stereocenters. The molecule has 14 heteroatoms. The number of ether oxygens (including phenoxy) is 1. The number of anilines is 1. The van der Waals surface area contributed by atoms with Crippen molar-refractivity contribution in [2.75, 3.05) is 50.8 Å². The summed E-state index contributed by atoms with van der Waals surface area (Å²) in [4.78, 5) is 56.9. The summed E-state index contributed by atoms with van der Waals surface area (Å²) < 4.78 is 8.55. The predicted molar refractivity (Wildman–Crippen MR) is 171 cm³/mol. The van der Waals surface area contributed by atoms with Crippen LogP contribution in [0.15, 0.2) is 29.3 Å². The average Bonchev–Trinajstić information content (AvgIpc) is 3.49. The van der Waals surface area contributed by atoms with E-state index in [2.05, 4.69) is 27.0 Å². The van der Waals surface area contributed by atoms with E-state index in [0.29, 0.717) is 93.4 Å². The number of amides is 2. The van der Waals surface area contributed by atoms with Crippen molar-refractivity contribution < 1.29 is 19.4 Å². The standard InChI is InChI=1S/C32H41N9O5/c1-4-24-27(38-12-14-39(15-13-38)30(44)26-28(43)21(3)34-19-35-26)31(45)41-32(36-29(37-41)23-9-16-46-17-10-23)40(24)18-25(42)33-11-8-20(2)22-6-5-7-22/h9,19,22,43H,2,4-8,10-18H2,1,3H3,(H,33,42). The van der Waals surface area contributed by atoms with Crippen LogP contribution < -0.4 is 15.8 Å². The minimum atomic E-state index is -0.395. The summed E-state index contributed by atoms with van der Waals surface area (Å²) in [5.41, 5.74) is 3.16. The van der Waals surface area contributed by atoms with Gasteiger partial charge in [-0.25, -0.2) is 9.97 Å². The number of rotatable bonds is 10. The van der Waals surface area contributed by atoms with E-state index in [9.17, 15) is 19.5 Å². The van der Waals surface area contributed by atoms with E-state index in [4.69, 9.17) is 9.72 Å². The lowest BCUT2D eigenvalue weighted by Crippen LogP contribution is -2.51. The zero-order valence-electron chi connectivity index (χ0n) is 26.5. The van der Waals surface area contributed by atoms with Crippen LogP contribution in [0.25, 0.3) is 11.4 Å². The number of aromatic nitrogens is 6. The first-order valence-electron chi connectivity index (χ1n) is 16.1. The van der Waals surface area contributed by atoms with Gasteiger partial charge in [-0.15, -0.1) is 5.10 Å². The third-order valence-electron chi connectivity index (χ3n) is 9.25. The topological polar surface area (TPSA) is 160 Å². The lowest BCUT2D eigenvalue weighted by atomic mass is 9.79. The van der Waals surface area contributed by atoms with Crippen molar-refractivity contribution in [3.05, 3.63) is 57.8 Å². The average molecular weight is 632 g/mol. The van der Waals surface area contributed by atoms with Gasteiger partial charge < -0.3 is 29.5 Å². The molecule has 3 aromatic rings. The van der Waals surface area contributed by atoms with Crippen LogP contribution in [-0.4, -0.2) is 96.9 Å². The van der Waals surface area contributed by atoms with Crippen LogP contribution in [0.2, 0.25) is 0 Å². The number of hydrogen-bond donors (Lipinski definition) is 2. The molecule has 2 amide bonds. The molecule has 1 aliphatic carbocycles. The molecule has 1 saturated carbocycles. The smallest absolute Gasteiger partial charge is 0.299 e. The van der Waals surface area contributed by atoms with Crippen molar-refractivity contribution in [2.45, 2.75) is 58.9 Å². The maximum atomic E-state index is 14.1. The van der Waals surface area contributed by atoms with Crippen LogP contribution in [0, 0.1) is 12.8 Å². The molecule has 5 heterocycles. The number of aromatic hydroxyl groups is 1. The number of hydrogen-bond acceptors (Lipinski definition) is 10. The van der Waals surface area contributed by atoms with Gasteiger partial charge in [0.15, 0.2) is 17.3 Å². The molecule has 2 N–H and O–H groups in total. The summed E-state index contributed by atoms with van der Waals surface area (Å²) in [6.07, 6.45) is 8.60. The number of carbonyl (C=O) groups is 2. The highest BCUT2D eigenvalue weighted by Gasteiger charge is 2.31. The highest BCUT2D eigenvalue weighted by molar-refractivity contribution is 5.95. The molecule has 0 spiro atoms. The number of fused-ring (bicyclic) bond motifs is 1. The number of carbonyl (C=O) groups excluding carboxylic acids is 2. The molecule has 46 heavy (non-hydrogen) atoms. The quantitative estimate of drug-likeness (QED) is 0.316. The van der Waals surface area contributed by atoms with Crippen molar-refractivity contribution in [1.82, 2.24) is 39.3 Å². The predicted octanol–water partition coefficient (Wildman–Crippen LogP) is 1.89. The first-order chi connectivity index (χ1) is 22.3. The van der Waals surface area contributed by atoms with Crippen LogP contribution in [0.5, 0.6) is 5.75 Å². The van der Waals surface area contributed by atoms with Crippen molar-refractivity contribution in [1.29, 1.82) is 0 Å².